The van der Waals surface area contributed by atoms with Crippen LogP contribution in [0.25, 0.3) is 0 Å². The fourth-order valence-corrected chi connectivity index (χ4v) is 1.53. The number of aromatic nitrogens is 1. The van der Waals surface area contributed by atoms with Gasteiger partial charge in [-0.05, 0) is 38.1 Å². The van der Waals surface area contributed by atoms with Crippen molar-refractivity contribution in [2.24, 2.45) is 4.99 Å². The van der Waals surface area contributed by atoms with Crippen LogP contribution in [0, 0.1) is 5.82 Å². The quantitative estimate of drug-likeness (QED) is 0.710. The van der Waals surface area contributed by atoms with Gasteiger partial charge in [-0.3, -0.25) is 4.99 Å². The summed E-state index contributed by atoms with van der Waals surface area (Å²) in [5, 5.41) is 0. The van der Waals surface area contributed by atoms with Crippen molar-refractivity contribution in [2.45, 2.75) is 19.9 Å². The van der Waals surface area contributed by atoms with E-state index >= 15 is 0 Å². The van der Waals surface area contributed by atoms with Gasteiger partial charge < -0.3 is 4.57 Å². The maximum absolute atomic E-state index is 12.9. The van der Waals surface area contributed by atoms with Gasteiger partial charge in [0, 0.05) is 30.2 Å². The molecular formula is C14H15FN2. The normalized spacial score (nSPS) is 11.5. The number of aliphatic imine (C=N–C) groups is 1. The molecule has 0 saturated carbocycles. The van der Waals surface area contributed by atoms with Gasteiger partial charge in [-0.25, -0.2) is 4.39 Å². The number of hydrogen-bond donors (Lipinski definition) is 0. The lowest BCUT2D eigenvalue weighted by Gasteiger charge is -2.04. The molecule has 2 rings (SSSR count). The van der Waals surface area contributed by atoms with E-state index < -0.39 is 0 Å². The van der Waals surface area contributed by atoms with Crippen LogP contribution in [-0.2, 0) is 0 Å². The van der Waals surface area contributed by atoms with Crippen molar-refractivity contribution < 1.29 is 4.39 Å². The maximum atomic E-state index is 12.9. The minimum Gasteiger partial charge on any atom is -0.351 e. The Morgan fingerprint density at radius 1 is 1.29 bits per heavy atom. The second kappa shape index (κ2) is 4.95. The van der Waals surface area contributed by atoms with Gasteiger partial charge in [0.15, 0.2) is 0 Å². The predicted octanol–water partition coefficient (Wildman–Crippen LogP) is 3.96. The van der Waals surface area contributed by atoms with E-state index in [9.17, 15) is 4.39 Å². The zero-order valence-corrected chi connectivity index (χ0v) is 9.97. The molecule has 0 saturated heterocycles. The molecule has 0 atom stereocenters. The number of benzene rings is 1. The summed E-state index contributed by atoms with van der Waals surface area (Å²) in [5.41, 5.74) is 1.64. The van der Waals surface area contributed by atoms with Crippen LogP contribution in [0.3, 0.4) is 0 Å². The maximum Gasteiger partial charge on any atom is 0.125 e. The molecule has 0 spiro atoms. The highest BCUT2D eigenvalue weighted by molar-refractivity contribution is 5.81. The van der Waals surface area contributed by atoms with Crippen molar-refractivity contribution in [3.63, 3.8) is 0 Å². The molecule has 0 fully saturated rings. The molecule has 2 aromatic rings. The molecule has 0 aliphatic heterocycles. The average Bonchev–Trinajstić information content (AvgIpc) is 2.75. The largest absolute Gasteiger partial charge is 0.351 e. The van der Waals surface area contributed by atoms with Gasteiger partial charge in [-0.1, -0.05) is 6.07 Å². The number of hydrogen-bond acceptors (Lipinski definition) is 1. The minimum atomic E-state index is -0.264. The van der Waals surface area contributed by atoms with Crippen LogP contribution < -0.4 is 0 Å². The van der Waals surface area contributed by atoms with Crippen molar-refractivity contribution in [1.82, 2.24) is 4.57 Å². The molecule has 1 heterocycles. The van der Waals surface area contributed by atoms with Crippen molar-refractivity contribution in [3.05, 3.63) is 54.1 Å². The van der Waals surface area contributed by atoms with Crippen molar-refractivity contribution in [1.29, 1.82) is 0 Å². The number of nitrogens with zero attached hydrogens (tertiary/aromatic N) is 2. The smallest absolute Gasteiger partial charge is 0.125 e. The highest BCUT2D eigenvalue weighted by Crippen LogP contribution is 2.13. The molecule has 2 nitrogen and oxygen atoms in total. The summed E-state index contributed by atoms with van der Waals surface area (Å²) in [6.45, 7) is 4.24. The van der Waals surface area contributed by atoms with E-state index in [4.69, 9.17) is 0 Å². The summed E-state index contributed by atoms with van der Waals surface area (Å²) in [6, 6.07) is 8.68. The van der Waals surface area contributed by atoms with E-state index in [2.05, 4.69) is 23.4 Å². The summed E-state index contributed by atoms with van der Waals surface area (Å²) in [5.74, 6) is -0.264. The summed E-state index contributed by atoms with van der Waals surface area (Å²) in [4.78, 5) is 4.23. The fourth-order valence-electron chi connectivity index (χ4n) is 1.53. The topological polar surface area (TPSA) is 17.3 Å². The van der Waals surface area contributed by atoms with Crippen LogP contribution in [0.2, 0.25) is 0 Å². The lowest BCUT2D eigenvalue weighted by molar-refractivity contribution is 0.603. The van der Waals surface area contributed by atoms with E-state index in [-0.39, 0.29) is 5.82 Å². The fraction of sp³-hybridized carbons (Fsp3) is 0.214. The molecule has 1 aromatic heterocycles. The molecule has 0 radical (unpaired) electrons. The summed E-state index contributed by atoms with van der Waals surface area (Å²) in [6.07, 6.45) is 5.78. The second-order valence-electron chi connectivity index (χ2n) is 4.22. The Hall–Kier alpha value is -1.90. The van der Waals surface area contributed by atoms with Gasteiger partial charge in [0.05, 0.1) is 5.69 Å². The Morgan fingerprint density at radius 3 is 2.76 bits per heavy atom. The van der Waals surface area contributed by atoms with Crippen LogP contribution >= 0.6 is 0 Å². The molecule has 17 heavy (non-hydrogen) atoms. The number of halogens is 1. The third-order valence-corrected chi connectivity index (χ3v) is 2.50. The lowest BCUT2D eigenvalue weighted by Crippen LogP contribution is -1.95. The van der Waals surface area contributed by atoms with E-state index in [1.165, 1.54) is 12.1 Å². The van der Waals surface area contributed by atoms with Gasteiger partial charge >= 0.3 is 0 Å². The third-order valence-electron chi connectivity index (χ3n) is 2.50. The Balaban J connectivity index is 2.14. The van der Waals surface area contributed by atoms with Gasteiger partial charge in [0.1, 0.15) is 5.82 Å². The molecule has 0 bridgehead atoms. The van der Waals surface area contributed by atoms with Crippen LogP contribution in [0.1, 0.15) is 25.5 Å². The molecule has 3 heteroatoms. The average molecular weight is 230 g/mol. The first-order valence-electron chi connectivity index (χ1n) is 5.62. The van der Waals surface area contributed by atoms with E-state index in [0.717, 1.165) is 5.56 Å². The molecular weight excluding hydrogens is 215 g/mol. The molecule has 88 valence electrons. The molecule has 1 aromatic carbocycles. The zero-order valence-electron chi connectivity index (χ0n) is 9.97. The Morgan fingerprint density at radius 2 is 2.12 bits per heavy atom. The monoisotopic (exact) mass is 230 g/mol. The molecule has 0 aliphatic rings. The van der Waals surface area contributed by atoms with Gasteiger partial charge in [0.25, 0.3) is 0 Å². The van der Waals surface area contributed by atoms with Gasteiger partial charge in [0.2, 0.25) is 0 Å². The zero-order chi connectivity index (χ0) is 12.3. The molecule has 0 unspecified atom stereocenters. The summed E-state index contributed by atoms with van der Waals surface area (Å²) < 4.78 is 15.0. The first-order chi connectivity index (χ1) is 8.15. The first-order valence-corrected chi connectivity index (χ1v) is 5.62. The van der Waals surface area contributed by atoms with E-state index in [1.807, 2.05) is 18.5 Å². The lowest BCUT2D eigenvalue weighted by atomic mass is 10.3. The molecule has 0 aliphatic carbocycles. The van der Waals surface area contributed by atoms with Crippen molar-refractivity contribution >= 4 is 11.9 Å². The van der Waals surface area contributed by atoms with Gasteiger partial charge in [-0.2, -0.15) is 0 Å². The van der Waals surface area contributed by atoms with Crippen LogP contribution in [0.5, 0.6) is 0 Å². The second-order valence-corrected chi connectivity index (χ2v) is 4.22. The van der Waals surface area contributed by atoms with E-state index in [1.54, 1.807) is 18.3 Å². The van der Waals surface area contributed by atoms with Crippen LogP contribution in [0.15, 0.2) is 47.7 Å². The standard InChI is InChI=1S/C14H15FN2/c1-11(2)17-7-6-12(10-17)9-16-14-5-3-4-13(15)8-14/h3-11H,1-2H3. The van der Waals surface area contributed by atoms with Crippen molar-refractivity contribution in [2.75, 3.05) is 0 Å². The highest BCUT2D eigenvalue weighted by Gasteiger charge is 1.97. The third kappa shape index (κ3) is 3.03. The minimum absolute atomic E-state index is 0.264. The summed E-state index contributed by atoms with van der Waals surface area (Å²) >= 11 is 0. The van der Waals surface area contributed by atoms with Crippen LogP contribution in [0.4, 0.5) is 10.1 Å². The van der Waals surface area contributed by atoms with E-state index in [0.29, 0.717) is 11.7 Å². The number of rotatable bonds is 3. The highest BCUT2D eigenvalue weighted by atomic mass is 19.1. The predicted molar refractivity (Wildman–Crippen MR) is 68.5 cm³/mol. The van der Waals surface area contributed by atoms with Crippen LogP contribution in [-0.4, -0.2) is 10.8 Å². The summed E-state index contributed by atoms with van der Waals surface area (Å²) in [7, 11) is 0. The van der Waals surface area contributed by atoms with Crippen molar-refractivity contribution in [3.8, 4) is 0 Å². The Kier molecular flexibility index (Phi) is 3.38. The molecule has 0 amide bonds. The molecule has 0 N–H and O–H groups in total. The van der Waals surface area contributed by atoms with Gasteiger partial charge in [-0.15, -0.1) is 0 Å². The Labute approximate surface area is 100 Å². The first kappa shape index (κ1) is 11.6. The SMILES string of the molecule is CC(C)n1ccc(C=Nc2cccc(F)c2)c1. The Bertz CT molecular complexity index is 527.